The van der Waals surface area contributed by atoms with Gasteiger partial charge in [0.15, 0.2) is 0 Å². The van der Waals surface area contributed by atoms with E-state index in [0.29, 0.717) is 12.2 Å². The van der Waals surface area contributed by atoms with E-state index in [9.17, 15) is 4.79 Å². The normalized spacial score (nSPS) is 16.0. The lowest BCUT2D eigenvalue weighted by Gasteiger charge is -2.08. The number of pyridine rings is 1. The third-order valence-corrected chi connectivity index (χ3v) is 3.32. The van der Waals surface area contributed by atoms with Crippen LogP contribution < -0.4 is 11.1 Å². The molecule has 0 bridgehead atoms. The Morgan fingerprint density at radius 3 is 2.82 bits per heavy atom. The number of amides is 1. The lowest BCUT2D eigenvalue weighted by molar-refractivity contribution is -0.116. The minimum Gasteiger partial charge on any atom is -0.384 e. The van der Waals surface area contributed by atoms with Crippen LogP contribution >= 0.6 is 0 Å². The Morgan fingerprint density at radius 1 is 1.41 bits per heavy atom. The molecule has 0 spiro atoms. The predicted molar refractivity (Wildman–Crippen MR) is 68.5 cm³/mol. The van der Waals surface area contributed by atoms with Crippen molar-refractivity contribution in [3.05, 3.63) is 18.3 Å². The highest BCUT2D eigenvalue weighted by Crippen LogP contribution is 2.28. The van der Waals surface area contributed by atoms with Crippen LogP contribution in [0.5, 0.6) is 0 Å². The van der Waals surface area contributed by atoms with Crippen LogP contribution in [0.15, 0.2) is 18.3 Å². The molecular formula is C13H19N3O. The second kappa shape index (κ2) is 5.66. The van der Waals surface area contributed by atoms with Crippen molar-refractivity contribution in [3.8, 4) is 0 Å². The van der Waals surface area contributed by atoms with Crippen molar-refractivity contribution in [2.75, 3.05) is 11.1 Å². The zero-order chi connectivity index (χ0) is 12.1. The fourth-order valence-corrected chi connectivity index (χ4v) is 2.34. The van der Waals surface area contributed by atoms with Crippen LogP contribution in [0, 0.1) is 5.92 Å². The molecule has 0 aromatic carbocycles. The van der Waals surface area contributed by atoms with Gasteiger partial charge in [-0.25, -0.2) is 4.98 Å². The fraction of sp³-hybridized carbons (Fsp3) is 0.538. The molecule has 1 amide bonds. The molecule has 0 aliphatic heterocycles. The molecule has 0 atom stereocenters. The van der Waals surface area contributed by atoms with Gasteiger partial charge in [-0.15, -0.1) is 0 Å². The fourth-order valence-electron chi connectivity index (χ4n) is 2.34. The van der Waals surface area contributed by atoms with Crippen molar-refractivity contribution in [3.63, 3.8) is 0 Å². The summed E-state index contributed by atoms with van der Waals surface area (Å²) in [5, 5.41) is 2.84. The summed E-state index contributed by atoms with van der Waals surface area (Å²) in [7, 11) is 0. The van der Waals surface area contributed by atoms with Gasteiger partial charge in [-0.2, -0.15) is 0 Å². The Kier molecular flexibility index (Phi) is 3.96. The zero-order valence-electron chi connectivity index (χ0n) is 9.98. The van der Waals surface area contributed by atoms with Crippen molar-refractivity contribution in [2.45, 2.75) is 38.5 Å². The second-order valence-corrected chi connectivity index (χ2v) is 4.71. The van der Waals surface area contributed by atoms with Crippen LogP contribution in [-0.4, -0.2) is 10.9 Å². The minimum atomic E-state index is 0.0727. The van der Waals surface area contributed by atoms with Crippen molar-refractivity contribution in [2.24, 2.45) is 5.92 Å². The molecule has 92 valence electrons. The molecule has 3 N–H and O–H groups in total. The molecule has 4 heteroatoms. The number of nitrogens with one attached hydrogen (secondary N) is 1. The van der Waals surface area contributed by atoms with Gasteiger partial charge in [-0.3, -0.25) is 4.79 Å². The summed E-state index contributed by atoms with van der Waals surface area (Å²) in [4.78, 5) is 15.6. The molecule has 4 nitrogen and oxygen atoms in total. The van der Waals surface area contributed by atoms with Gasteiger partial charge in [-0.05, 0) is 24.5 Å². The van der Waals surface area contributed by atoms with Crippen LogP contribution in [0.2, 0.25) is 0 Å². The predicted octanol–water partition coefficient (Wildman–Crippen LogP) is 2.57. The molecule has 1 saturated carbocycles. The largest absolute Gasteiger partial charge is 0.384 e. The van der Waals surface area contributed by atoms with Crippen molar-refractivity contribution < 1.29 is 4.79 Å². The van der Waals surface area contributed by atoms with Crippen LogP contribution in [0.3, 0.4) is 0 Å². The molecule has 1 aromatic heterocycles. The highest BCUT2D eigenvalue weighted by atomic mass is 16.1. The van der Waals surface area contributed by atoms with Gasteiger partial charge in [0.2, 0.25) is 5.91 Å². The molecule has 17 heavy (non-hydrogen) atoms. The van der Waals surface area contributed by atoms with E-state index < -0.39 is 0 Å². The molecule has 0 radical (unpaired) electrons. The van der Waals surface area contributed by atoms with Crippen molar-refractivity contribution in [1.29, 1.82) is 0 Å². The maximum atomic E-state index is 11.7. The van der Waals surface area contributed by atoms with Crippen LogP contribution in [-0.2, 0) is 4.79 Å². The quantitative estimate of drug-likeness (QED) is 0.839. The summed E-state index contributed by atoms with van der Waals surface area (Å²) < 4.78 is 0. The Morgan fingerprint density at radius 2 is 2.18 bits per heavy atom. The number of nitrogens with two attached hydrogens (primary N) is 1. The monoisotopic (exact) mass is 233 g/mol. The number of hydrogen-bond acceptors (Lipinski definition) is 3. The average molecular weight is 233 g/mol. The van der Waals surface area contributed by atoms with Gasteiger partial charge in [-0.1, -0.05) is 25.7 Å². The van der Waals surface area contributed by atoms with E-state index >= 15 is 0 Å². The minimum absolute atomic E-state index is 0.0727. The van der Waals surface area contributed by atoms with Gasteiger partial charge >= 0.3 is 0 Å². The van der Waals surface area contributed by atoms with E-state index in [0.717, 1.165) is 18.0 Å². The van der Waals surface area contributed by atoms with Gasteiger partial charge in [0.25, 0.3) is 0 Å². The summed E-state index contributed by atoms with van der Waals surface area (Å²) >= 11 is 0. The van der Waals surface area contributed by atoms with Crippen molar-refractivity contribution >= 4 is 17.4 Å². The molecule has 1 aliphatic carbocycles. The average Bonchev–Trinajstić information content (AvgIpc) is 2.83. The van der Waals surface area contributed by atoms with Gasteiger partial charge < -0.3 is 11.1 Å². The first kappa shape index (κ1) is 11.9. The number of carbonyl (C=O) groups excluding carboxylic acids is 1. The van der Waals surface area contributed by atoms with Gasteiger partial charge in [0, 0.05) is 6.42 Å². The molecule has 1 fully saturated rings. The number of hydrogen-bond donors (Lipinski definition) is 2. The second-order valence-electron chi connectivity index (χ2n) is 4.71. The topological polar surface area (TPSA) is 68.0 Å². The molecule has 0 unspecified atom stereocenters. The third kappa shape index (κ3) is 3.73. The van der Waals surface area contributed by atoms with Gasteiger partial charge in [0.1, 0.15) is 5.82 Å². The molecular weight excluding hydrogens is 214 g/mol. The van der Waals surface area contributed by atoms with E-state index in [2.05, 4.69) is 10.3 Å². The number of carbonyl (C=O) groups is 1. The number of rotatable bonds is 4. The summed E-state index contributed by atoms with van der Waals surface area (Å²) in [6.07, 6.45) is 8.43. The highest BCUT2D eigenvalue weighted by Gasteiger charge is 2.16. The Bertz CT molecular complexity index is 369. The number of aromatic nitrogens is 1. The highest BCUT2D eigenvalue weighted by molar-refractivity contribution is 5.90. The Balaban J connectivity index is 1.74. The summed E-state index contributed by atoms with van der Waals surface area (Å²) in [5.74, 6) is 1.29. The molecule has 1 aliphatic rings. The molecule has 1 aromatic rings. The van der Waals surface area contributed by atoms with E-state index in [1.54, 1.807) is 18.3 Å². The number of nitrogens with zero attached hydrogens (tertiary/aromatic N) is 1. The Labute approximate surface area is 102 Å². The summed E-state index contributed by atoms with van der Waals surface area (Å²) in [6.45, 7) is 0. The maximum Gasteiger partial charge on any atom is 0.224 e. The van der Waals surface area contributed by atoms with E-state index in [4.69, 9.17) is 5.73 Å². The molecule has 1 heterocycles. The standard InChI is InChI=1S/C13H19N3O/c14-12-7-6-11(9-15-12)16-13(17)8-5-10-3-1-2-4-10/h6-7,9-10H,1-5,8H2,(H2,14,15)(H,16,17). The summed E-state index contributed by atoms with van der Waals surface area (Å²) in [6, 6.07) is 3.46. The van der Waals surface area contributed by atoms with E-state index in [-0.39, 0.29) is 5.91 Å². The smallest absolute Gasteiger partial charge is 0.224 e. The first-order chi connectivity index (χ1) is 8.24. The van der Waals surface area contributed by atoms with E-state index in [1.807, 2.05) is 0 Å². The maximum absolute atomic E-state index is 11.7. The first-order valence-corrected chi connectivity index (χ1v) is 6.25. The zero-order valence-corrected chi connectivity index (χ0v) is 9.98. The number of nitrogen functional groups attached to an aromatic ring is 1. The SMILES string of the molecule is Nc1ccc(NC(=O)CCC2CCCC2)cn1. The third-order valence-electron chi connectivity index (χ3n) is 3.32. The number of anilines is 2. The van der Waals surface area contributed by atoms with Crippen molar-refractivity contribution in [1.82, 2.24) is 4.98 Å². The first-order valence-electron chi connectivity index (χ1n) is 6.25. The lowest BCUT2D eigenvalue weighted by Crippen LogP contribution is -2.13. The van der Waals surface area contributed by atoms with Gasteiger partial charge in [0.05, 0.1) is 11.9 Å². The molecule has 2 rings (SSSR count). The summed E-state index contributed by atoms with van der Waals surface area (Å²) in [5.41, 5.74) is 6.19. The van der Waals surface area contributed by atoms with E-state index in [1.165, 1.54) is 25.7 Å². The van der Waals surface area contributed by atoms with Crippen LogP contribution in [0.1, 0.15) is 38.5 Å². The lowest BCUT2D eigenvalue weighted by atomic mass is 10.0. The van der Waals surface area contributed by atoms with Crippen LogP contribution in [0.25, 0.3) is 0 Å². The molecule has 0 saturated heterocycles. The Hall–Kier alpha value is -1.58. The van der Waals surface area contributed by atoms with Crippen LogP contribution in [0.4, 0.5) is 11.5 Å².